The summed E-state index contributed by atoms with van der Waals surface area (Å²) in [7, 11) is 0. The Morgan fingerprint density at radius 3 is 2.73 bits per heavy atom. The van der Waals surface area contributed by atoms with Crippen LogP contribution in [-0.4, -0.2) is 72.3 Å². The second kappa shape index (κ2) is 12.7. The molecule has 1 atom stereocenters. The SMILES string of the molecule is Cc1cc(Cl)nc(C)c1C(=O)CCC[C@@H](C)N1CCC(N(Cc2ccsc2)C(=O)Cc2nn[nH]n2)CC1. The zero-order valence-corrected chi connectivity index (χ0v) is 23.2. The molecule has 4 rings (SSSR count). The summed E-state index contributed by atoms with van der Waals surface area (Å²) in [5.41, 5.74) is 3.44. The van der Waals surface area contributed by atoms with Gasteiger partial charge in [-0.15, -0.1) is 10.2 Å². The van der Waals surface area contributed by atoms with Gasteiger partial charge < -0.3 is 9.80 Å². The number of likely N-dealkylation sites (tertiary alicyclic amines) is 1. The number of ketones is 1. The number of thiophene rings is 1. The minimum absolute atomic E-state index is 0.0277. The number of pyridine rings is 1. The summed E-state index contributed by atoms with van der Waals surface area (Å²) in [6, 6.07) is 4.37. The first-order valence-electron chi connectivity index (χ1n) is 12.8. The number of tetrazole rings is 1. The van der Waals surface area contributed by atoms with Crippen LogP contribution in [0.1, 0.15) is 72.0 Å². The fraction of sp³-hybridized carbons (Fsp3) is 0.538. The number of hydrogen-bond donors (Lipinski definition) is 1. The van der Waals surface area contributed by atoms with Crippen molar-refractivity contribution in [3.8, 4) is 0 Å². The fourth-order valence-corrected chi connectivity index (χ4v) is 6.15. The smallest absolute Gasteiger partial charge is 0.230 e. The molecule has 11 heteroatoms. The highest BCUT2D eigenvalue weighted by atomic mass is 35.5. The molecular weight excluding hydrogens is 510 g/mol. The Morgan fingerprint density at radius 2 is 2.08 bits per heavy atom. The van der Waals surface area contributed by atoms with Crippen molar-refractivity contribution in [3.05, 3.63) is 56.3 Å². The highest BCUT2D eigenvalue weighted by Crippen LogP contribution is 2.24. The van der Waals surface area contributed by atoms with Crippen LogP contribution in [0.3, 0.4) is 0 Å². The summed E-state index contributed by atoms with van der Waals surface area (Å²) in [5.74, 6) is 0.579. The van der Waals surface area contributed by atoms with E-state index in [1.165, 1.54) is 0 Å². The van der Waals surface area contributed by atoms with Crippen LogP contribution >= 0.6 is 22.9 Å². The zero-order valence-electron chi connectivity index (χ0n) is 21.6. The largest absolute Gasteiger partial charge is 0.335 e. The minimum Gasteiger partial charge on any atom is -0.335 e. The van der Waals surface area contributed by atoms with Gasteiger partial charge in [-0.05, 0) is 80.5 Å². The molecule has 3 aromatic rings. The second-order valence-electron chi connectivity index (χ2n) is 9.81. The summed E-state index contributed by atoms with van der Waals surface area (Å²) in [6.07, 6.45) is 4.26. The average Bonchev–Trinajstić information content (AvgIpc) is 3.56. The Morgan fingerprint density at radius 1 is 1.30 bits per heavy atom. The number of aromatic nitrogens is 5. The van der Waals surface area contributed by atoms with Gasteiger partial charge in [-0.2, -0.15) is 16.6 Å². The third-order valence-electron chi connectivity index (χ3n) is 7.19. The maximum Gasteiger partial charge on any atom is 0.230 e. The molecule has 0 saturated carbocycles. The van der Waals surface area contributed by atoms with Gasteiger partial charge in [0.25, 0.3) is 0 Å². The molecule has 0 radical (unpaired) electrons. The third-order valence-corrected chi connectivity index (χ3v) is 8.11. The maximum absolute atomic E-state index is 13.2. The van der Waals surface area contributed by atoms with Crippen LogP contribution in [0.2, 0.25) is 5.15 Å². The second-order valence-corrected chi connectivity index (χ2v) is 11.0. The molecule has 1 aliphatic heterocycles. The van der Waals surface area contributed by atoms with Crippen molar-refractivity contribution in [2.24, 2.45) is 0 Å². The molecule has 4 heterocycles. The third kappa shape index (κ3) is 7.21. The Balaban J connectivity index is 1.28. The quantitative estimate of drug-likeness (QED) is 0.282. The molecule has 1 saturated heterocycles. The van der Waals surface area contributed by atoms with Gasteiger partial charge in [0, 0.05) is 43.7 Å². The summed E-state index contributed by atoms with van der Waals surface area (Å²) >= 11 is 7.65. The van der Waals surface area contributed by atoms with Crippen molar-refractivity contribution in [1.29, 1.82) is 0 Å². The van der Waals surface area contributed by atoms with E-state index in [0.29, 0.717) is 41.2 Å². The lowest BCUT2D eigenvalue weighted by molar-refractivity contribution is -0.134. The first kappa shape index (κ1) is 27.3. The summed E-state index contributed by atoms with van der Waals surface area (Å²) in [5, 5.41) is 18.5. The molecule has 0 aromatic carbocycles. The number of nitrogens with one attached hydrogen (secondary N) is 1. The standard InChI is InChI=1S/C26H34ClN7O2S/c1-17-13-23(27)28-19(3)26(17)22(35)6-4-5-18(2)33-10-7-21(8-11-33)34(15-20-9-12-37-16-20)25(36)14-24-29-31-32-30-24/h9,12-13,16,18,21H,4-8,10-11,14-15H2,1-3H3,(H,29,30,31,32)/t18-/m1/s1. The molecule has 198 valence electrons. The topological polar surface area (TPSA) is 108 Å². The monoisotopic (exact) mass is 543 g/mol. The Labute approximate surface area is 226 Å². The summed E-state index contributed by atoms with van der Waals surface area (Å²) in [4.78, 5) is 34.7. The maximum atomic E-state index is 13.2. The number of aryl methyl sites for hydroxylation is 2. The fourth-order valence-electron chi connectivity index (χ4n) is 5.20. The first-order chi connectivity index (χ1) is 17.8. The molecule has 1 N–H and O–H groups in total. The van der Waals surface area contributed by atoms with Crippen LogP contribution in [0.15, 0.2) is 22.9 Å². The Hall–Kier alpha value is -2.69. The van der Waals surface area contributed by atoms with E-state index in [-0.39, 0.29) is 24.2 Å². The van der Waals surface area contributed by atoms with Gasteiger partial charge in [-0.3, -0.25) is 9.59 Å². The van der Waals surface area contributed by atoms with Crippen LogP contribution in [0.4, 0.5) is 0 Å². The van der Waals surface area contributed by atoms with Crippen LogP contribution < -0.4 is 0 Å². The Bertz CT molecular complexity index is 1150. The molecule has 0 aliphatic carbocycles. The number of H-pyrrole nitrogens is 1. The number of piperidine rings is 1. The van der Waals surface area contributed by atoms with Crippen molar-refractivity contribution < 1.29 is 9.59 Å². The highest BCUT2D eigenvalue weighted by molar-refractivity contribution is 7.07. The van der Waals surface area contributed by atoms with Gasteiger partial charge in [-0.1, -0.05) is 16.8 Å². The number of Topliss-reactive ketones (excluding diaryl/α,β-unsaturated/α-hetero) is 1. The summed E-state index contributed by atoms with van der Waals surface area (Å²) < 4.78 is 0. The van der Waals surface area contributed by atoms with E-state index in [1.54, 1.807) is 17.4 Å². The van der Waals surface area contributed by atoms with Crippen LogP contribution in [-0.2, 0) is 17.8 Å². The van der Waals surface area contributed by atoms with Gasteiger partial charge >= 0.3 is 0 Å². The number of amides is 1. The predicted molar refractivity (Wildman–Crippen MR) is 144 cm³/mol. The van der Waals surface area contributed by atoms with Gasteiger partial charge in [0.15, 0.2) is 11.6 Å². The van der Waals surface area contributed by atoms with Gasteiger partial charge in [0.1, 0.15) is 5.15 Å². The molecule has 3 aromatic heterocycles. The lowest BCUT2D eigenvalue weighted by Crippen LogP contribution is -2.49. The molecule has 1 fully saturated rings. The van der Waals surface area contributed by atoms with Gasteiger partial charge in [0.05, 0.1) is 12.1 Å². The van der Waals surface area contributed by atoms with E-state index < -0.39 is 0 Å². The van der Waals surface area contributed by atoms with Crippen molar-refractivity contribution >= 4 is 34.6 Å². The normalized spacial score (nSPS) is 15.6. The zero-order chi connectivity index (χ0) is 26.4. The van der Waals surface area contributed by atoms with E-state index in [1.807, 2.05) is 24.1 Å². The number of hydrogen-bond acceptors (Lipinski definition) is 8. The van der Waals surface area contributed by atoms with Gasteiger partial charge in [0.2, 0.25) is 5.91 Å². The highest BCUT2D eigenvalue weighted by Gasteiger charge is 2.30. The van der Waals surface area contributed by atoms with Crippen LogP contribution in [0, 0.1) is 13.8 Å². The molecule has 0 unspecified atom stereocenters. The number of halogens is 1. The lowest BCUT2D eigenvalue weighted by atomic mass is 9.97. The number of carbonyl (C=O) groups is 2. The van der Waals surface area contributed by atoms with Crippen LogP contribution in [0.5, 0.6) is 0 Å². The van der Waals surface area contributed by atoms with Crippen molar-refractivity contribution in [2.45, 2.75) is 77.9 Å². The van der Waals surface area contributed by atoms with E-state index >= 15 is 0 Å². The van der Waals surface area contributed by atoms with E-state index in [2.05, 4.69) is 48.9 Å². The van der Waals surface area contributed by atoms with Crippen molar-refractivity contribution in [2.75, 3.05) is 13.1 Å². The molecule has 0 bridgehead atoms. The molecule has 37 heavy (non-hydrogen) atoms. The van der Waals surface area contributed by atoms with Crippen LogP contribution in [0.25, 0.3) is 0 Å². The predicted octanol–water partition coefficient (Wildman–Crippen LogP) is 4.40. The van der Waals surface area contributed by atoms with Gasteiger partial charge in [-0.25, -0.2) is 4.98 Å². The number of carbonyl (C=O) groups excluding carboxylic acids is 2. The van der Waals surface area contributed by atoms with E-state index in [4.69, 9.17) is 11.6 Å². The minimum atomic E-state index is 0.0277. The van der Waals surface area contributed by atoms with E-state index in [9.17, 15) is 9.59 Å². The molecule has 9 nitrogen and oxygen atoms in total. The number of aromatic amines is 1. The Kier molecular flexibility index (Phi) is 9.39. The lowest BCUT2D eigenvalue weighted by Gasteiger charge is -2.40. The number of nitrogens with zero attached hydrogens (tertiary/aromatic N) is 6. The molecule has 1 amide bonds. The van der Waals surface area contributed by atoms with Crippen molar-refractivity contribution in [3.63, 3.8) is 0 Å². The number of rotatable bonds is 11. The van der Waals surface area contributed by atoms with E-state index in [0.717, 1.165) is 49.9 Å². The first-order valence-corrected chi connectivity index (χ1v) is 14.1. The van der Waals surface area contributed by atoms with Crippen molar-refractivity contribution in [1.82, 2.24) is 35.4 Å². The molecule has 1 aliphatic rings. The summed E-state index contributed by atoms with van der Waals surface area (Å²) in [6.45, 7) is 8.43. The molecule has 0 spiro atoms. The molecular formula is C26H34ClN7O2S. The average molecular weight is 544 g/mol.